The lowest BCUT2D eigenvalue weighted by molar-refractivity contribution is -0.0583. The van der Waals surface area contributed by atoms with Crippen LogP contribution in [0.5, 0.6) is 5.75 Å². The average molecular weight is 402 g/mol. The zero-order chi connectivity index (χ0) is 15.5. The number of rotatable bonds is 6. The van der Waals surface area contributed by atoms with E-state index in [1.165, 1.54) is 0 Å². The molecule has 0 bridgehead atoms. The zero-order valence-corrected chi connectivity index (χ0v) is 14.5. The molecular formula is C15H19IN2O3. The maximum atomic E-state index is 9.96. The van der Waals surface area contributed by atoms with Crippen molar-refractivity contribution in [3.63, 3.8) is 0 Å². The molecule has 1 heterocycles. The summed E-state index contributed by atoms with van der Waals surface area (Å²) in [5.74, 6) is 0.968. The van der Waals surface area contributed by atoms with Crippen LogP contribution in [0.2, 0.25) is 0 Å². The van der Waals surface area contributed by atoms with Crippen molar-refractivity contribution < 1.29 is 14.4 Å². The van der Waals surface area contributed by atoms with Crippen molar-refractivity contribution in [1.29, 1.82) is 0 Å². The second kappa shape index (κ2) is 6.74. The van der Waals surface area contributed by atoms with E-state index in [0.29, 0.717) is 23.9 Å². The highest BCUT2D eigenvalue weighted by molar-refractivity contribution is 14.1. The third kappa shape index (κ3) is 3.21. The van der Waals surface area contributed by atoms with Crippen LogP contribution in [-0.4, -0.2) is 21.9 Å². The van der Waals surface area contributed by atoms with Crippen LogP contribution in [0.1, 0.15) is 39.4 Å². The Balaban J connectivity index is 2.43. The molecule has 2 aromatic rings. The van der Waals surface area contributed by atoms with Gasteiger partial charge in [0.2, 0.25) is 5.82 Å². The van der Waals surface area contributed by atoms with Gasteiger partial charge in [0.15, 0.2) is 0 Å². The molecule has 2 rings (SSSR count). The monoisotopic (exact) mass is 402 g/mol. The molecule has 114 valence electrons. The number of halogens is 1. The molecule has 0 radical (unpaired) electrons. The molecule has 0 aliphatic heterocycles. The largest absolute Gasteiger partial charge is 0.507 e. The summed E-state index contributed by atoms with van der Waals surface area (Å²) in [6.45, 7) is 6.61. The second-order valence-corrected chi connectivity index (χ2v) is 5.96. The van der Waals surface area contributed by atoms with Gasteiger partial charge in [0, 0.05) is 10.2 Å². The molecule has 21 heavy (non-hydrogen) atoms. The third-order valence-electron chi connectivity index (χ3n) is 3.59. The van der Waals surface area contributed by atoms with Gasteiger partial charge in [-0.15, -0.1) is 0 Å². The predicted octanol–water partition coefficient (Wildman–Crippen LogP) is 4.10. The van der Waals surface area contributed by atoms with Crippen LogP contribution in [0, 0.1) is 3.57 Å². The standard InChI is InChI=1S/C15H19IN2O3/c1-4-15(5-2,20-6-3)14-17-13(21-18-14)11-9-10(16)7-8-12(11)19/h7-9,19H,4-6H2,1-3H3. The Bertz CT molecular complexity index is 609. The molecular weight excluding hydrogens is 383 g/mol. The summed E-state index contributed by atoms with van der Waals surface area (Å²) >= 11 is 2.17. The van der Waals surface area contributed by atoms with E-state index < -0.39 is 5.60 Å². The molecule has 0 atom stereocenters. The first-order valence-corrected chi connectivity index (χ1v) is 8.11. The van der Waals surface area contributed by atoms with Gasteiger partial charge in [-0.25, -0.2) is 0 Å². The number of nitrogens with zero attached hydrogens (tertiary/aromatic N) is 2. The average Bonchev–Trinajstić information content (AvgIpc) is 2.97. The summed E-state index contributed by atoms with van der Waals surface area (Å²) in [5.41, 5.74) is 0.00637. The fourth-order valence-electron chi connectivity index (χ4n) is 2.31. The van der Waals surface area contributed by atoms with Crippen molar-refractivity contribution in [3.05, 3.63) is 27.6 Å². The molecule has 0 saturated heterocycles. The highest BCUT2D eigenvalue weighted by atomic mass is 127. The maximum Gasteiger partial charge on any atom is 0.261 e. The first kappa shape index (κ1) is 16.2. The van der Waals surface area contributed by atoms with E-state index >= 15 is 0 Å². The summed E-state index contributed by atoms with van der Waals surface area (Å²) in [6, 6.07) is 5.25. The quantitative estimate of drug-likeness (QED) is 0.737. The van der Waals surface area contributed by atoms with Gasteiger partial charge in [-0.2, -0.15) is 4.98 Å². The van der Waals surface area contributed by atoms with E-state index in [1.54, 1.807) is 6.07 Å². The lowest BCUT2D eigenvalue weighted by Crippen LogP contribution is -2.29. The Morgan fingerprint density at radius 1 is 1.29 bits per heavy atom. The van der Waals surface area contributed by atoms with E-state index in [4.69, 9.17) is 9.26 Å². The van der Waals surface area contributed by atoms with Crippen molar-refractivity contribution in [2.24, 2.45) is 0 Å². The Labute approximate surface area is 137 Å². The van der Waals surface area contributed by atoms with Crippen LogP contribution in [0.15, 0.2) is 22.7 Å². The van der Waals surface area contributed by atoms with Gasteiger partial charge in [-0.1, -0.05) is 19.0 Å². The molecule has 0 spiro atoms. The fraction of sp³-hybridized carbons (Fsp3) is 0.467. The lowest BCUT2D eigenvalue weighted by Gasteiger charge is -2.27. The second-order valence-electron chi connectivity index (χ2n) is 4.72. The molecule has 0 fully saturated rings. The van der Waals surface area contributed by atoms with Crippen LogP contribution >= 0.6 is 22.6 Å². The molecule has 1 aromatic carbocycles. The Morgan fingerprint density at radius 3 is 2.62 bits per heavy atom. The summed E-state index contributed by atoms with van der Waals surface area (Å²) in [4.78, 5) is 4.45. The number of hydrogen-bond acceptors (Lipinski definition) is 5. The fourth-order valence-corrected chi connectivity index (χ4v) is 2.80. The zero-order valence-electron chi connectivity index (χ0n) is 12.4. The van der Waals surface area contributed by atoms with Crippen LogP contribution in [0.25, 0.3) is 11.5 Å². The summed E-state index contributed by atoms with van der Waals surface area (Å²) in [6.07, 6.45) is 1.52. The normalized spacial score (nSPS) is 11.8. The van der Waals surface area contributed by atoms with Crippen LogP contribution < -0.4 is 0 Å². The van der Waals surface area contributed by atoms with Crippen LogP contribution in [-0.2, 0) is 10.3 Å². The van der Waals surface area contributed by atoms with Gasteiger partial charge in [0.25, 0.3) is 5.89 Å². The van der Waals surface area contributed by atoms with Crippen molar-refractivity contribution in [3.8, 4) is 17.2 Å². The first-order valence-electron chi connectivity index (χ1n) is 7.03. The van der Waals surface area contributed by atoms with Gasteiger partial charge in [-0.05, 0) is 60.6 Å². The number of phenols is 1. The number of benzene rings is 1. The van der Waals surface area contributed by atoms with E-state index in [9.17, 15) is 5.11 Å². The van der Waals surface area contributed by atoms with Gasteiger partial charge < -0.3 is 14.4 Å². The van der Waals surface area contributed by atoms with E-state index in [0.717, 1.165) is 16.4 Å². The number of ether oxygens (including phenoxy) is 1. The summed E-state index contributed by atoms with van der Waals surface area (Å²) < 4.78 is 12.2. The molecule has 0 unspecified atom stereocenters. The number of phenolic OH excluding ortho intramolecular Hbond substituents is 1. The van der Waals surface area contributed by atoms with E-state index in [1.807, 2.05) is 32.9 Å². The van der Waals surface area contributed by atoms with Crippen LogP contribution in [0.4, 0.5) is 0 Å². The number of aromatic nitrogens is 2. The molecule has 0 saturated carbocycles. The van der Waals surface area contributed by atoms with Crippen molar-refractivity contribution in [1.82, 2.24) is 10.1 Å². The maximum absolute atomic E-state index is 9.96. The summed E-state index contributed by atoms with van der Waals surface area (Å²) in [5, 5.41) is 14.0. The predicted molar refractivity (Wildman–Crippen MR) is 88.0 cm³/mol. The van der Waals surface area contributed by atoms with Gasteiger partial charge in [-0.3, -0.25) is 0 Å². The van der Waals surface area contributed by atoms with E-state index in [2.05, 4.69) is 32.7 Å². The van der Waals surface area contributed by atoms with Crippen molar-refractivity contribution >= 4 is 22.6 Å². The highest BCUT2D eigenvalue weighted by Crippen LogP contribution is 2.34. The van der Waals surface area contributed by atoms with E-state index in [-0.39, 0.29) is 5.75 Å². The molecule has 5 nitrogen and oxygen atoms in total. The van der Waals surface area contributed by atoms with Gasteiger partial charge >= 0.3 is 0 Å². The van der Waals surface area contributed by atoms with Crippen LogP contribution in [0.3, 0.4) is 0 Å². The molecule has 0 amide bonds. The van der Waals surface area contributed by atoms with Crippen molar-refractivity contribution in [2.45, 2.75) is 39.2 Å². The SMILES string of the molecule is CCOC(CC)(CC)c1noc(-c2cc(I)ccc2O)n1. The lowest BCUT2D eigenvalue weighted by atomic mass is 9.96. The van der Waals surface area contributed by atoms with Crippen molar-refractivity contribution in [2.75, 3.05) is 6.61 Å². The molecule has 0 aliphatic carbocycles. The van der Waals surface area contributed by atoms with Gasteiger partial charge in [0.05, 0.1) is 5.56 Å². The molecule has 1 N–H and O–H groups in total. The minimum Gasteiger partial charge on any atom is -0.507 e. The highest BCUT2D eigenvalue weighted by Gasteiger charge is 2.34. The summed E-state index contributed by atoms with van der Waals surface area (Å²) in [7, 11) is 0. The molecule has 0 aliphatic rings. The molecule has 1 aromatic heterocycles. The first-order chi connectivity index (χ1) is 10.1. The Hall–Kier alpha value is -1.15. The Kier molecular flexibility index (Phi) is 5.21. The minimum absolute atomic E-state index is 0.126. The number of aromatic hydroxyl groups is 1. The molecule has 6 heteroatoms. The Morgan fingerprint density at radius 2 is 2.00 bits per heavy atom. The topological polar surface area (TPSA) is 68.4 Å². The number of hydrogen-bond donors (Lipinski definition) is 1. The smallest absolute Gasteiger partial charge is 0.261 e. The minimum atomic E-state index is -0.534. The third-order valence-corrected chi connectivity index (χ3v) is 4.26. The van der Waals surface area contributed by atoms with Gasteiger partial charge in [0.1, 0.15) is 11.4 Å².